The van der Waals surface area contributed by atoms with Crippen molar-refractivity contribution in [2.24, 2.45) is 4.99 Å². The van der Waals surface area contributed by atoms with E-state index in [1.54, 1.807) is 0 Å². The summed E-state index contributed by atoms with van der Waals surface area (Å²) in [4.78, 5) is 15.6. The molecule has 4 heteroatoms. The fourth-order valence-corrected chi connectivity index (χ4v) is 6.49. The van der Waals surface area contributed by atoms with E-state index in [0.717, 1.165) is 93.3 Å². The molecule has 1 heterocycles. The van der Waals surface area contributed by atoms with Gasteiger partial charge in [-0.3, -0.25) is 0 Å². The molecular weight excluding hydrogens is 500 g/mol. The lowest BCUT2D eigenvalue weighted by molar-refractivity contribution is 1.42. The van der Waals surface area contributed by atoms with Crippen LogP contribution < -0.4 is 5.73 Å². The summed E-state index contributed by atoms with van der Waals surface area (Å²) in [6.45, 7) is 4.55. The highest BCUT2D eigenvalue weighted by Crippen LogP contribution is 2.45. The first kappa shape index (κ1) is 22.2. The van der Waals surface area contributed by atoms with Gasteiger partial charge in [0, 0.05) is 32.7 Å². The minimum absolute atomic E-state index is 0.642. The summed E-state index contributed by atoms with van der Waals surface area (Å²) in [5.41, 5.74) is 15.3. The first-order valence-corrected chi connectivity index (χ1v) is 13.7. The van der Waals surface area contributed by atoms with Crippen LogP contribution in [0, 0.1) is 0 Å². The number of aliphatic imine (C=N–C) groups is 1. The van der Waals surface area contributed by atoms with Crippen LogP contribution >= 0.6 is 0 Å². The maximum Gasteiger partial charge on any atom is 0.0979 e. The molecule has 0 saturated heterocycles. The molecule has 7 aromatic carbocycles. The van der Waals surface area contributed by atoms with Gasteiger partial charge >= 0.3 is 0 Å². The summed E-state index contributed by atoms with van der Waals surface area (Å²) in [5, 5.41) is 8.92. The molecule has 1 aromatic heterocycles. The summed E-state index contributed by atoms with van der Waals surface area (Å²) in [6, 6.07) is 37.6. The van der Waals surface area contributed by atoms with Gasteiger partial charge in [0.25, 0.3) is 0 Å². The van der Waals surface area contributed by atoms with Crippen LogP contribution in [0.3, 0.4) is 0 Å². The monoisotopic (exact) mass is 522 g/mol. The zero-order chi connectivity index (χ0) is 27.2. The fraction of sp³-hybridized carbons (Fsp3) is 0. The number of rotatable bonds is 1. The number of aromatic nitrogens is 2. The molecule has 41 heavy (non-hydrogen) atoms. The van der Waals surface area contributed by atoms with Gasteiger partial charge in [0.2, 0.25) is 0 Å². The van der Waals surface area contributed by atoms with E-state index in [1.807, 2.05) is 18.2 Å². The second kappa shape index (κ2) is 7.96. The van der Waals surface area contributed by atoms with Gasteiger partial charge in [-0.05, 0) is 51.4 Å². The van der Waals surface area contributed by atoms with Gasteiger partial charge in [0.15, 0.2) is 0 Å². The molecule has 0 radical (unpaired) electrons. The van der Waals surface area contributed by atoms with Crippen LogP contribution in [0.5, 0.6) is 0 Å². The number of allylic oxidation sites excluding steroid dienone is 1. The number of benzene rings is 7. The maximum absolute atomic E-state index is 6.53. The van der Waals surface area contributed by atoms with Crippen molar-refractivity contribution in [1.29, 1.82) is 0 Å². The Morgan fingerprint density at radius 2 is 1.07 bits per heavy atom. The van der Waals surface area contributed by atoms with Crippen molar-refractivity contribution in [2.75, 3.05) is 5.73 Å². The Balaban J connectivity index is 1.40. The van der Waals surface area contributed by atoms with E-state index in [0.29, 0.717) is 5.69 Å². The Morgan fingerprint density at radius 3 is 1.68 bits per heavy atom. The van der Waals surface area contributed by atoms with Crippen LogP contribution in [0.2, 0.25) is 0 Å². The van der Waals surface area contributed by atoms with E-state index in [9.17, 15) is 0 Å². The number of hydrogen-bond donors (Lipinski definition) is 1. The molecule has 0 bridgehead atoms. The molecule has 0 saturated carbocycles. The average Bonchev–Trinajstić information content (AvgIpc) is 3.00. The highest BCUT2D eigenvalue weighted by atomic mass is 14.8. The van der Waals surface area contributed by atoms with Crippen molar-refractivity contribution in [3.63, 3.8) is 0 Å². The number of hydrogen-bond acceptors (Lipinski definition) is 4. The van der Waals surface area contributed by atoms with Gasteiger partial charge in [-0.2, -0.15) is 0 Å². The molecule has 0 fully saturated rings. The topological polar surface area (TPSA) is 64.2 Å². The van der Waals surface area contributed by atoms with E-state index in [4.69, 9.17) is 20.7 Å². The van der Waals surface area contributed by atoms with Crippen LogP contribution in [-0.4, -0.2) is 15.7 Å². The highest BCUT2D eigenvalue weighted by Gasteiger charge is 2.26. The Labute approximate surface area is 235 Å². The van der Waals surface area contributed by atoms with E-state index in [-0.39, 0.29) is 0 Å². The van der Waals surface area contributed by atoms with Crippen molar-refractivity contribution in [3.8, 4) is 0 Å². The highest BCUT2D eigenvalue weighted by molar-refractivity contribution is 6.45. The van der Waals surface area contributed by atoms with Gasteiger partial charge in [0.1, 0.15) is 0 Å². The van der Waals surface area contributed by atoms with Crippen LogP contribution in [0.1, 0.15) is 11.1 Å². The van der Waals surface area contributed by atoms with E-state index in [1.165, 1.54) is 0 Å². The zero-order valence-electron chi connectivity index (χ0n) is 22.0. The van der Waals surface area contributed by atoms with Crippen LogP contribution in [0.15, 0.2) is 121 Å². The Kier molecular flexibility index (Phi) is 4.32. The summed E-state index contributed by atoms with van der Waals surface area (Å²) >= 11 is 0. The minimum atomic E-state index is 0.642. The molecule has 0 unspecified atom stereocenters. The van der Waals surface area contributed by atoms with Crippen LogP contribution in [-0.2, 0) is 0 Å². The normalized spacial score (nSPS) is 14.0. The van der Waals surface area contributed by atoms with Gasteiger partial charge in [-0.15, -0.1) is 0 Å². The Morgan fingerprint density at radius 1 is 0.561 bits per heavy atom. The largest absolute Gasteiger partial charge is 0.397 e. The fourth-order valence-electron chi connectivity index (χ4n) is 6.49. The van der Waals surface area contributed by atoms with Crippen LogP contribution in [0.25, 0.3) is 70.7 Å². The number of nitrogens with two attached hydrogens (primary N) is 1. The van der Waals surface area contributed by atoms with Crippen molar-refractivity contribution >= 4 is 87.8 Å². The zero-order valence-corrected chi connectivity index (χ0v) is 22.0. The molecule has 0 atom stereocenters. The summed E-state index contributed by atoms with van der Waals surface area (Å²) in [5.74, 6) is 0. The quantitative estimate of drug-likeness (QED) is 0.133. The van der Waals surface area contributed by atoms with Gasteiger partial charge in [0.05, 0.1) is 39.2 Å². The molecule has 4 nitrogen and oxygen atoms in total. The predicted octanol–water partition coefficient (Wildman–Crippen LogP) is 9.13. The Hall–Kier alpha value is -5.61. The van der Waals surface area contributed by atoms with E-state index < -0.39 is 0 Å². The summed E-state index contributed by atoms with van der Waals surface area (Å²) in [6.07, 6.45) is 0. The first-order chi connectivity index (χ1) is 20.1. The third-order valence-corrected chi connectivity index (χ3v) is 8.41. The summed E-state index contributed by atoms with van der Waals surface area (Å²) < 4.78 is 0. The standard InChI is InChI=1S/C37H22N4/c1-20-25-12-6-14-27-33(25)34-26(35(20)39-30-17-22-9-3-2-8-21(22)16-29(30)38)13-7-15-28(34)37-36(27)40-31-18-23-10-4-5-11-24(23)19-32(31)41-37/h2-19H,1,38H2/b39-35+. The SMILES string of the molecule is C=C1/C(=N\c2cc3ccccc3cc2N)c2cccc3c4nc5cc6ccccc6cc5nc4c4cccc1c4c23. The molecular formula is C37H22N4. The van der Waals surface area contributed by atoms with Gasteiger partial charge in [-0.1, -0.05) is 91.5 Å². The Bertz CT molecular complexity index is 2510. The number of nitrogens with zero attached hydrogens (tertiary/aromatic N) is 3. The smallest absolute Gasteiger partial charge is 0.0979 e. The van der Waals surface area contributed by atoms with Crippen molar-refractivity contribution in [3.05, 3.63) is 127 Å². The van der Waals surface area contributed by atoms with Gasteiger partial charge in [-0.25, -0.2) is 15.0 Å². The van der Waals surface area contributed by atoms with Gasteiger partial charge < -0.3 is 5.73 Å². The van der Waals surface area contributed by atoms with E-state index in [2.05, 4.69) is 97.6 Å². The first-order valence-electron chi connectivity index (χ1n) is 13.7. The molecule has 2 N–H and O–H groups in total. The second-order valence-electron chi connectivity index (χ2n) is 10.8. The number of anilines is 1. The minimum Gasteiger partial charge on any atom is -0.397 e. The van der Waals surface area contributed by atoms with E-state index >= 15 is 0 Å². The molecule has 0 spiro atoms. The molecule has 8 aromatic rings. The molecule has 0 aliphatic heterocycles. The molecule has 0 amide bonds. The van der Waals surface area contributed by atoms with Crippen molar-refractivity contribution in [1.82, 2.24) is 9.97 Å². The molecule has 1 aliphatic carbocycles. The molecule has 1 aliphatic rings. The number of nitrogen functional groups attached to an aromatic ring is 1. The number of fused-ring (bicyclic) bond motifs is 6. The lowest BCUT2D eigenvalue weighted by Crippen LogP contribution is -2.11. The lowest BCUT2D eigenvalue weighted by Gasteiger charge is -2.23. The predicted molar refractivity (Wildman–Crippen MR) is 173 cm³/mol. The average molecular weight is 523 g/mol. The van der Waals surface area contributed by atoms with Crippen LogP contribution in [0.4, 0.5) is 11.4 Å². The lowest BCUT2D eigenvalue weighted by atomic mass is 9.81. The third-order valence-electron chi connectivity index (χ3n) is 8.41. The van der Waals surface area contributed by atoms with Crippen molar-refractivity contribution < 1.29 is 0 Å². The summed E-state index contributed by atoms with van der Waals surface area (Å²) in [7, 11) is 0. The third kappa shape index (κ3) is 3.07. The maximum atomic E-state index is 6.53. The molecule has 9 rings (SSSR count). The molecule has 190 valence electrons. The second-order valence-corrected chi connectivity index (χ2v) is 10.8. The van der Waals surface area contributed by atoms with Crippen molar-refractivity contribution in [2.45, 2.75) is 0 Å².